The lowest BCUT2D eigenvalue weighted by molar-refractivity contribution is 1.07. The summed E-state index contributed by atoms with van der Waals surface area (Å²) < 4.78 is 1.23. The first-order valence-corrected chi connectivity index (χ1v) is 21.2. The second kappa shape index (κ2) is 15.7. The molecule has 0 saturated heterocycles. The zero-order valence-corrected chi connectivity index (χ0v) is 33.8. The molecule has 0 aliphatic rings. The third-order valence-corrected chi connectivity index (χ3v) is 12.4. The van der Waals surface area contributed by atoms with Crippen LogP contribution in [0, 0.1) is 0 Å². The Bertz CT molecular complexity index is 3190. The van der Waals surface area contributed by atoms with Crippen molar-refractivity contribution in [3.63, 3.8) is 0 Å². The zero-order chi connectivity index (χ0) is 40.5. The Morgan fingerprint density at radius 3 is 1.11 bits per heavy atom. The van der Waals surface area contributed by atoms with Crippen LogP contribution in [0.2, 0.25) is 0 Å². The first-order valence-electron chi connectivity index (χ1n) is 20.4. The van der Waals surface area contributed by atoms with Crippen LogP contribution in [0.1, 0.15) is 0 Å². The predicted octanol–water partition coefficient (Wildman–Crippen LogP) is 15.0. The van der Waals surface area contributed by atoms with Crippen molar-refractivity contribution in [2.45, 2.75) is 0 Å². The molecular weight excluding hydrogens is 761 g/mol. The highest BCUT2D eigenvalue weighted by molar-refractivity contribution is 7.24. The van der Waals surface area contributed by atoms with Gasteiger partial charge in [-0.15, -0.1) is 11.3 Å². The SMILES string of the molecule is c1ccc(-c2ccc(-c3nc(-c4ccc(-c5ccccc5)cc4)nc(-c4ccc(-c5c(-c6ccccc6)sc6c5c(-c5ccccc5)nc5ccccc56)cc4)n3)cc2)cc1. The van der Waals surface area contributed by atoms with Crippen molar-refractivity contribution in [2.24, 2.45) is 0 Å². The molecule has 0 N–H and O–H groups in total. The van der Waals surface area contributed by atoms with Gasteiger partial charge in [0, 0.05) is 48.2 Å². The molecule has 0 amide bonds. The van der Waals surface area contributed by atoms with Gasteiger partial charge in [0.1, 0.15) is 0 Å². The topological polar surface area (TPSA) is 51.6 Å². The number of fused-ring (bicyclic) bond motifs is 3. The van der Waals surface area contributed by atoms with Crippen LogP contribution < -0.4 is 0 Å². The van der Waals surface area contributed by atoms with Crippen molar-refractivity contribution in [1.29, 1.82) is 0 Å². The van der Waals surface area contributed by atoms with E-state index < -0.39 is 0 Å². The van der Waals surface area contributed by atoms with E-state index in [9.17, 15) is 0 Å². The number of benzene rings is 8. The predicted molar refractivity (Wildman–Crippen MR) is 254 cm³/mol. The molecule has 5 heteroatoms. The van der Waals surface area contributed by atoms with E-state index in [2.05, 4.69) is 206 Å². The average molecular weight is 797 g/mol. The highest BCUT2D eigenvalue weighted by Crippen LogP contribution is 2.50. The Kier molecular flexibility index (Phi) is 9.34. The van der Waals surface area contributed by atoms with Crippen LogP contribution >= 0.6 is 11.3 Å². The van der Waals surface area contributed by atoms with Crippen molar-refractivity contribution in [1.82, 2.24) is 19.9 Å². The molecule has 0 unspecified atom stereocenters. The molecule has 0 radical (unpaired) electrons. The average Bonchev–Trinajstić information content (AvgIpc) is 3.76. The maximum Gasteiger partial charge on any atom is 0.164 e. The van der Waals surface area contributed by atoms with Gasteiger partial charge in [-0.25, -0.2) is 19.9 Å². The van der Waals surface area contributed by atoms with Crippen LogP contribution in [-0.2, 0) is 0 Å². The van der Waals surface area contributed by atoms with Gasteiger partial charge >= 0.3 is 0 Å². The van der Waals surface area contributed by atoms with E-state index in [1.54, 1.807) is 0 Å². The number of para-hydroxylation sites is 1. The summed E-state index contributed by atoms with van der Waals surface area (Å²) in [4.78, 5) is 21.9. The van der Waals surface area contributed by atoms with E-state index in [0.29, 0.717) is 17.5 Å². The minimum absolute atomic E-state index is 0.613. The van der Waals surface area contributed by atoms with Gasteiger partial charge in [0.05, 0.1) is 11.2 Å². The first-order chi connectivity index (χ1) is 30.2. The Morgan fingerprint density at radius 1 is 0.279 bits per heavy atom. The largest absolute Gasteiger partial charge is 0.247 e. The maximum absolute atomic E-state index is 5.33. The second-order valence-electron chi connectivity index (χ2n) is 15.0. The minimum atomic E-state index is 0.613. The summed E-state index contributed by atoms with van der Waals surface area (Å²) in [5, 5.41) is 2.31. The van der Waals surface area contributed by atoms with Gasteiger partial charge in [-0.05, 0) is 39.4 Å². The fraction of sp³-hybridized carbons (Fsp3) is 0. The highest BCUT2D eigenvalue weighted by Gasteiger charge is 2.23. The van der Waals surface area contributed by atoms with Crippen molar-refractivity contribution < 1.29 is 0 Å². The van der Waals surface area contributed by atoms with Crippen molar-refractivity contribution in [3.05, 3.63) is 218 Å². The number of rotatable bonds is 8. The molecule has 0 aliphatic carbocycles. The summed E-state index contributed by atoms with van der Waals surface area (Å²) in [5.74, 6) is 1.86. The van der Waals surface area contributed by atoms with Crippen LogP contribution in [0.5, 0.6) is 0 Å². The standard InChI is InChI=1S/C56H36N4S/c1-5-15-37(16-6-1)39-25-31-44(32-26-39)54-58-55(45-33-27-40(28-34-45)38-17-7-2-8-18-38)60-56(59-54)46-35-29-41(30-36-46)49-50-51(42-19-9-3-10-20-42)57-48-24-14-13-23-47(48)53(50)61-52(49)43-21-11-4-12-22-43/h1-36H. The Morgan fingerprint density at radius 2 is 0.639 bits per heavy atom. The minimum Gasteiger partial charge on any atom is -0.247 e. The molecule has 3 aromatic heterocycles. The van der Waals surface area contributed by atoms with E-state index in [1.165, 1.54) is 31.8 Å². The van der Waals surface area contributed by atoms with Gasteiger partial charge in [0.15, 0.2) is 17.5 Å². The number of thiophene rings is 1. The molecule has 11 rings (SSSR count). The number of nitrogens with zero attached hydrogens (tertiary/aromatic N) is 4. The molecule has 11 aromatic rings. The lowest BCUT2D eigenvalue weighted by Gasteiger charge is -2.12. The summed E-state index contributed by atoms with van der Waals surface area (Å²) in [6.07, 6.45) is 0. The summed E-state index contributed by atoms with van der Waals surface area (Å²) in [7, 11) is 0. The zero-order valence-electron chi connectivity index (χ0n) is 33.0. The van der Waals surface area contributed by atoms with E-state index in [0.717, 1.165) is 60.9 Å². The van der Waals surface area contributed by atoms with E-state index in [1.807, 2.05) is 23.5 Å². The molecule has 0 saturated carbocycles. The number of aromatic nitrogens is 4. The van der Waals surface area contributed by atoms with Gasteiger partial charge in [-0.2, -0.15) is 0 Å². The first kappa shape index (κ1) is 36.2. The molecule has 0 atom stereocenters. The van der Waals surface area contributed by atoms with Crippen LogP contribution in [0.25, 0.3) is 110 Å². The third kappa shape index (κ3) is 6.97. The summed E-state index contributed by atoms with van der Waals surface area (Å²) in [6.45, 7) is 0. The van der Waals surface area contributed by atoms with Crippen LogP contribution in [-0.4, -0.2) is 19.9 Å². The fourth-order valence-corrected chi connectivity index (χ4v) is 9.46. The molecule has 0 fully saturated rings. The lowest BCUT2D eigenvalue weighted by Crippen LogP contribution is -2.00. The Hall–Kier alpha value is -7.86. The van der Waals surface area contributed by atoms with Gasteiger partial charge in [0.25, 0.3) is 0 Å². The molecule has 4 nitrogen and oxygen atoms in total. The van der Waals surface area contributed by atoms with Gasteiger partial charge < -0.3 is 0 Å². The van der Waals surface area contributed by atoms with Gasteiger partial charge in [-0.1, -0.05) is 212 Å². The van der Waals surface area contributed by atoms with Crippen LogP contribution in [0.3, 0.4) is 0 Å². The van der Waals surface area contributed by atoms with Crippen molar-refractivity contribution >= 4 is 32.3 Å². The Balaban J connectivity index is 1.06. The smallest absolute Gasteiger partial charge is 0.164 e. The van der Waals surface area contributed by atoms with Crippen LogP contribution in [0.15, 0.2) is 218 Å². The number of pyridine rings is 1. The molecule has 0 spiro atoms. The fourth-order valence-electron chi connectivity index (χ4n) is 8.09. The lowest BCUT2D eigenvalue weighted by atomic mass is 9.94. The quantitative estimate of drug-likeness (QED) is 0.154. The second-order valence-corrected chi connectivity index (χ2v) is 16.0. The van der Waals surface area contributed by atoms with E-state index in [4.69, 9.17) is 19.9 Å². The van der Waals surface area contributed by atoms with E-state index in [-0.39, 0.29) is 0 Å². The normalized spacial score (nSPS) is 11.3. The summed E-state index contributed by atoms with van der Waals surface area (Å²) in [6, 6.07) is 76.2. The third-order valence-electron chi connectivity index (χ3n) is 11.2. The van der Waals surface area contributed by atoms with Crippen LogP contribution in [0.4, 0.5) is 0 Å². The van der Waals surface area contributed by atoms with Gasteiger partial charge in [-0.3, -0.25) is 0 Å². The summed E-state index contributed by atoms with van der Waals surface area (Å²) in [5.41, 5.74) is 13.9. The molecular formula is C56H36N4S. The molecule has 0 bridgehead atoms. The number of hydrogen-bond acceptors (Lipinski definition) is 5. The molecule has 0 aliphatic heterocycles. The van der Waals surface area contributed by atoms with Crippen molar-refractivity contribution in [2.75, 3.05) is 0 Å². The van der Waals surface area contributed by atoms with Gasteiger partial charge in [0.2, 0.25) is 0 Å². The molecule has 8 aromatic carbocycles. The Labute approximate surface area is 358 Å². The molecule has 61 heavy (non-hydrogen) atoms. The number of hydrogen-bond donors (Lipinski definition) is 0. The molecule has 286 valence electrons. The van der Waals surface area contributed by atoms with E-state index >= 15 is 0 Å². The monoisotopic (exact) mass is 796 g/mol. The summed E-state index contributed by atoms with van der Waals surface area (Å²) >= 11 is 1.84. The maximum atomic E-state index is 5.33. The highest BCUT2D eigenvalue weighted by atomic mass is 32.1. The molecule has 3 heterocycles. The van der Waals surface area contributed by atoms with Crippen molar-refractivity contribution in [3.8, 4) is 89.2 Å².